The first-order valence-corrected chi connectivity index (χ1v) is 10.8. The largest absolute Gasteiger partial charge is 0.434 e. The molecule has 3 atom stereocenters. The monoisotopic (exact) mass is 489 g/mol. The van der Waals surface area contributed by atoms with E-state index in [0.717, 1.165) is 25.1 Å². The topological polar surface area (TPSA) is 79.4 Å². The van der Waals surface area contributed by atoms with Crippen LogP contribution in [0.25, 0.3) is 11.3 Å². The maximum Gasteiger partial charge on any atom is 0.416 e. The molecule has 4 rings (SSSR count). The Labute approximate surface area is 188 Å². The van der Waals surface area contributed by atoms with Crippen LogP contribution in [-0.4, -0.2) is 47.4 Å². The van der Waals surface area contributed by atoms with Crippen molar-refractivity contribution in [2.75, 3.05) is 29.9 Å². The van der Waals surface area contributed by atoms with Gasteiger partial charge in [0, 0.05) is 30.9 Å². The number of nitrogens with one attached hydrogen (secondary N) is 2. The van der Waals surface area contributed by atoms with E-state index in [1.54, 1.807) is 4.90 Å². The number of carbonyl (C=O) groups is 1. The Morgan fingerprint density at radius 2 is 2.06 bits per heavy atom. The highest BCUT2D eigenvalue weighted by atomic mass is 31.0. The highest BCUT2D eigenvalue weighted by molar-refractivity contribution is 7.18. The van der Waals surface area contributed by atoms with Crippen molar-refractivity contribution in [1.82, 2.24) is 15.3 Å². The normalized spacial score (nSPS) is 20.9. The quantitative estimate of drug-likeness (QED) is 0.478. The van der Waals surface area contributed by atoms with Gasteiger partial charge in [0.1, 0.15) is 11.6 Å². The van der Waals surface area contributed by atoms with E-state index < -0.39 is 29.6 Å². The number of ether oxygens (including phenoxy) is 1. The molecule has 7 nitrogen and oxygen atoms in total. The fourth-order valence-electron chi connectivity index (χ4n) is 4.03. The Balaban J connectivity index is 1.85. The predicted molar refractivity (Wildman–Crippen MR) is 114 cm³/mol. The minimum Gasteiger partial charge on any atom is -0.434 e. The molecule has 0 aliphatic carbocycles. The van der Waals surface area contributed by atoms with E-state index in [9.17, 15) is 26.7 Å². The lowest BCUT2D eigenvalue weighted by molar-refractivity contribution is -0.137. The van der Waals surface area contributed by atoms with E-state index in [0.29, 0.717) is 13.1 Å². The van der Waals surface area contributed by atoms with Gasteiger partial charge in [-0.3, -0.25) is 5.32 Å². The predicted octanol–water partition coefficient (Wildman–Crippen LogP) is 4.42. The summed E-state index contributed by atoms with van der Waals surface area (Å²) < 4.78 is 74.5. The van der Waals surface area contributed by atoms with Crippen molar-refractivity contribution in [2.45, 2.75) is 37.3 Å². The van der Waals surface area contributed by atoms with Gasteiger partial charge in [0.25, 0.3) is 5.66 Å². The standard InChI is InChI=1S/C20H21F5N5O2P/c1-2-26-11-4-6-30(9-11)14-8-10(19(21,22)23)7-13(28-14)12-3-5-27-17-15(12)16(20(24,25)33)32-18(31)29-17/h3,5,7-8,11,16,26H,2,4,6,9,33H2,1H3,(H,27,29,31). The summed E-state index contributed by atoms with van der Waals surface area (Å²) in [6.45, 7) is 3.61. The van der Waals surface area contributed by atoms with Gasteiger partial charge in [-0.25, -0.2) is 14.8 Å². The minimum absolute atomic E-state index is 0.0399. The van der Waals surface area contributed by atoms with E-state index >= 15 is 0 Å². The summed E-state index contributed by atoms with van der Waals surface area (Å²) in [5, 5.41) is 5.48. The number of likely N-dealkylation sites (N-methyl/N-ethyl adjacent to an activating group) is 1. The number of alkyl halides is 5. The molecule has 2 aromatic rings. The lowest BCUT2D eigenvalue weighted by Crippen LogP contribution is -2.33. The number of cyclic esters (lactones) is 1. The highest BCUT2D eigenvalue weighted by Gasteiger charge is 2.45. The number of anilines is 2. The molecule has 1 saturated heterocycles. The molecule has 4 heterocycles. The molecule has 33 heavy (non-hydrogen) atoms. The second kappa shape index (κ2) is 8.64. The molecule has 2 aromatic heterocycles. The summed E-state index contributed by atoms with van der Waals surface area (Å²) in [6, 6.07) is 3.13. The number of pyridine rings is 2. The molecule has 0 bridgehead atoms. The molecule has 0 spiro atoms. The SMILES string of the molecule is CCNC1CCN(c2cc(C(F)(F)F)cc(-c3ccnc4c3C(C(F)(F)P)OC(=O)N4)n2)C1. The average molecular weight is 489 g/mol. The van der Waals surface area contributed by atoms with Gasteiger partial charge in [-0.1, -0.05) is 16.2 Å². The Kier molecular flexibility index (Phi) is 6.17. The fraction of sp³-hybridized carbons (Fsp3) is 0.450. The van der Waals surface area contributed by atoms with Gasteiger partial charge in [0.15, 0.2) is 6.10 Å². The van der Waals surface area contributed by atoms with Crippen molar-refractivity contribution in [3.8, 4) is 11.3 Å². The van der Waals surface area contributed by atoms with Crippen molar-refractivity contribution in [2.24, 2.45) is 0 Å². The number of carbonyl (C=O) groups excluding carboxylic acids is 1. The third-order valence-electron chi connectivity index (χ3n) is 5.47. The average Bonchev–Trinajstić information content (AvgIpc) is 3.20. The van der Waals surface area contributed by atoms with Crippen LogP contribution < -0.4 is 15.5 Å². The summed E-state index contributed by atoms with van der Waals surface area (Å²) in [5.41, 5.74) is -5.02. The number of hydrogen-bond acceptors (Lipinski definition) is 6. The summed E-state index contributed by atoms with van der Waals surface area (Å²) in [4.78, 5) is 21.7. The van der Waals surface area contributed by atoms with Crippen LogP contribution in [0.15, 0.2) is 24.4 Å². The number of fused-ring (bicyclic) bond motifs is 1. The number of aromatic nitrogens is 2. The van der Waals surface area contributed by atoms with Gasteiger partial charge in [-0.15, -0.1) is 0 Å². The third kappa shape index (κ3) is 4.86. The zero-order valence-corrected chi connectivity index (χ0v) is 18.6. The van der Waals surface area contributed by atoms with E-state index in [1.807, 2.05) is 6.92 Å². The molecule has 178 valence electrons. The van der Waals surface area contributed by atoms with E-state index in [4.69, 9.17) is 4.74 Å². The second-order valence-electron chi connectivity index (χ2n) is 7.79. The van der Waals surface area contributed by atoms with E-state index in [1.165, 1.54) is 21.5 Å². The van der Waals surface area contributed by atoms with Crippen LogP contribution in [0.5, 0.6) is 0 Å². The molecule has 2 N–H and O–H groups in total. The first-order chi connectivity index (χ1) is 15.5. The van der Waals surface area contributed by atoms with Crippen molar-refractivity contribution in [3.05, 3.63) is 35.5 Å². The summed E-state index contributed by atoms with van der Waals surface area (Å²) in [7, 11) is 1.29. The van der Waals surface area contributed by atoms with Crippen molar-refractivity contribution < 1.29 is 31.5 Å². The molecular formula is C20H21F5N5O2P. The van der Waals surface area contributed by atoms with Crippen molar-refractivity contribution in [3.63, 3.8) is 0 Å². The van der Waals surface area contributed by atoms with Gasteiger partial charge in [0.05, 0.1) is 16.8 Å². The molecule has 1 fully saturated rings. The molecule has 3 unspecified atom stereocenters. The molecule has 0 radical (unpaired) electrons. The summed E-state index contributed by atoms with van der Waals surface area (Å²) >= 11 is 0. The summed E-state index contributed by atoms with van der Waals surface area (Å²) in [5.74, 6) is -0.134. The maximum absolute atomic E-state index is 14.3. The fourth-order valence-corrected chi connectivity index (χ4v) is 4.26. The highest BCUT2D eigenvalue weighted by Crippen LogP contribution is 2.48. The van der Waals surface area contributed by atoms with Crippen LogP contribution in [0.1, 0.15) is 30.6 Å². The molecule has 1 amide bonds. The van der Waals surface area contributed by atoms with Gasteiger partial charge in [-0.2, -0.15) is 22.0 Å². The number of hydrogen-bond donors (Lipinski definition) is 2. The number of nitrogens with zero attached hydrogens (tertiary/aromatic N) is 3. The Morgan fingerprint density at radius 1 is 1.30 bits per heavy atom. The first kappa shape index (κ1) is 23.6. The van der Waals surface area contributed by atoms with Crippen LogP contribution >= 0.6 is 9.24 Å². The zero-order chi connectivity index (χ0) is 24.0. The summed E-state index contributed by atoms with van der Waals surface area (Å²) in [6.07, 6.45) is -5.96. The Morgan fingerprint density at radius 3 is 2.73 bits per heavy atom. The molecular weight excluding hydrogens is 468 g/mol. The van der Waals surface area contributed by atoms with Crippen LogP contribution in [0, 0.1) is 0 Å². The first-order valence-electron chi connectivity index (χ1n) is 10.2. The van der Waals surface area contributed by atoms with Crippen molar-refractivity contribution in [1.29, 1.82) is 0 Å². The van der Waals surface area contributed by atoms with Crippen LogP contribution in [0.3, 0.4) is 0 Å². The minimum atomic E-state index is -4.69. The van der Waals surface area contributed by atoms with Gasteiger partial charge in [-0.05, 0) is 31.2 Å². The molecule has 13 heteroatoms. The molecule has 0 saturated carbocycles. The van der Waals surface area contributed by atoms with Gasteiger partial charge in [0.2, 0.25) is 0 Å². The second-order valence-corrected chi connectivity index (χ2v) is 8.56. The number of halogens is 5. The van der Waals surface area contributed by atoms with E-state index in [2.05, 4.69) is 20.6 Å². The molecule has 2 aliphatic rings. The maximum atomic E-state index is 14.3. The van der Waals surface area contributed by atoms with Crippen LogP contribution in [0.4, 0.5) is 38.4 Å². The zero-order valence-electron chi connectivity index (χ0n) is 17.4. The number of amides is 1. The van der Waals surface area contributed by atoms with Crippen molar-refractivity contribution >= 4 is 27.0 Å². The number of rotatable bonds is 5. The van der Waals surface area contributed by atoms with Crippen LogP contribution in [0.2, 0.25) is 0 Å². The molecule has 2 aliphatic heterocycles. The van der Waals surface area contributed by atoms with E-state index in [-0.39, 0.29) is 34.5 Å². The molecule has 0 aromatic carbocycles. The lowest BCUT2D eigenvalue weighted by Gasteiger charge is -2.31. The third-order valence-corrected chi connectivity index (χ3v) is 5.77. The Hall–Kier alpha value is -2.59. The Bertz CT molecular complexity index is 1060. The smallest absolute Gasteiger partial charge is 0.416 e. The van der Waals surface area contributed by atoms with Crippen LogP contribution in [-0.2, 0) is 10.9 Å². The van der Waals surface area contributed by atoms with Gasteiger partial charge < -0.3 is 15.0 Å². The lowest BCUT2D eigenvalue weighted by atomic mass is 9.98. The van der Waals surface area contributed by atoms with Gasteiger partial charge >= 0.3 is 12.3 Å².